The van der Waals surface area contributed by atoms with Crippen LogP contribution < -0.4 is 10.2 Å². The quantitative estimate of drug-likeness (QED) is 0.843. The maximum absolute atomic E-state index is 11.4. The summed E-state index contributed by atoms with van der Waals surface area (Å²) in [5.74, 6) is 2.40. The van der Waals surface area contributed by atoms with Crippen LogP contribution in [-0.2, 0) is 17.3 Å². The third-order valence-corrected chi connectivity index (χ3v) is 4.74. The van der Waals surface area contributed by atoms with Gasteiger partial charge < -0.3 is 10.2 Å². The molecule has 1 aromatic heterocycles. The number of hydrogen-bond acceptors (Lipinski definition) is 4. The van der Waals surface area contributed by atoms with Crippen LogP contribution in [0.25, 0.3) is 0 Å². The van der Waals surface area contributed by atoms with Gasteiger partial charge in [-0.15, -0.1) is 0 Å². The van der Waals surface area contributed by atoms with Crippen LogP contribution in [0.15, 0.2) is 12.1 Å². The van der Waals surface area contributed by atoms with E-state index >= 15 is 0 Å². The largest absolute Gasteiger partial charge is 0.355 e. The number of nitrogens with one attached hydrogen (secondary N) is 1. The van der Waals surface area contributed by atoms with Crippen molar-refractivity contribution in [1.82, 2.24) is 10.3 Å². The second kappa shape index (κ2) is 7.22. The predicted molar refractivity (Wildman–Crippen MR) is 81.3 cm³/mol. The van der Waals surface area contributed by atoms with Crippen LogP contribution in [0.4, 0.5) is 5.82 Å². The molecule has 0 unspecified atom stereocenters. The summed E-state index contributed by atoms with van der Waals surface area (Å²) in [5, 5.41) is 4.02. The minimum Gasteiger partial charge on any atom is -0.355 e. The molecule has 0 amide bonds. The standard InChI is InChI=1S/C13H20ClN3OS/c1-2-5-15-10-12-11(14)3-4-13(16-12)17-6-8-19(18)9-7-17/h3-4,15H,2,5-10H2,1H3. The van der Waals surface area contributed by atoms with E-state index in [1.165, 1.54) is 0 Å². The van der Waals surface area contributed by atoms with Crippen LogP contribution in [0.5, 0.6) is 0 Å². The van der Waals surface area contributed by atoms with Crippen LogP contribution in [0.2, 0.25) is 5.02 Å². The van der Waals surface area contributed by atoms with Gasteiger partial charge in [0.25, 0.3) is 0 Å². The molecule has 1 saturated heterocycles. The smallest absolute Gasteiger partial charge is 0.129 e. The van der Waals surface area contributed by atoms with E-state index in [-0.39, 0.29) is 0 Å². The number of hydrogen-bond donors (Lipinski definition) is 1. The molecule has 0 aliphatic carbocycles. The summed E-state index contributed by atoms with van der Waals surface area (Å²) in [6.45, 7) is 5.41. The highest BCUT2D eigenvalue weighted by molar-refractivity contribution is 7.85. The number of nitrogens with zero attached hydrogens (tertiary/aromatic N) is 2. The summed E-state index contributed by atoms with van der Waals surface area (Å²) in [6, 6.07) is 3.85. The van der Waals surface area contributed by atoms with Gasteiger partial charge in [-0.05, 0) is 25.1 Å². The molecule has 6 heteroatoms. The maximum Gasteiger partial charge on any atom is 0.129 e. The van der Waals surface area contributed by atoms with Crippen molar-refractivity contribution in [2.24, 2.45) is 0 Å². The lowest BCUT2D eigenvalue weighted by Gasteiger charge is -2.27. The number of aromatic nitrogens is 1. The van der Waals surface area contributed by atoms with Gasteiger partial charge in [-0.1, -0.05) is 18.5 Å². The molecule has 1 aliphatic rings. The van der Waals surface area contributed by atoms with Crippen molar-refractivity contribution in [3.63, 3.8) is 0 Å². The maximum atomic E-state index is 11.4. The van der Waals surface area contributed by atoms with Crippen LogP contribution in [0, 0.1) is 0 Å². The Labute approximate surface area is 122 Å². The highest BCUT2D eigenvalue weighted by atomic mass is 35.5. The van der Waals surface area contributed by atoms with Crippen LogP contribution >= 0.6 is 11.6 Å². The second-order valence-corrected chi connectivity index (χ2v) is 6.71. The highest BCUT2D eigenvalue weighted by Gasteiger charge is 2.17. The van der Waals surface area contributed by atoms with Crippen molar-refractivity contribution in [2.75, 3.05) is 36.0 Å². The van der Waals surface area contributed by atoms with E-state index < -0.39 is 10.8 Å². The van der Waals surface area contributed by atoms with Gasteiger partial charge in [-0.25, -0.2) is 4.98 Å². The Kier molecular flexibility index (Phi) is 5.60. The molecule has 1 aromatic rings. The molecule has 0 saturated carbocycles. The predicted octanol–water partition coefficient (Wildman–Crippen LogP) is 1.80. The summed E-state index contributed by atoms with van der Waals surface area (Å²) in [7, 11) is -0.658. The van der Waals surface area contributed by atoms with E-state index in [9.17, 15) is 4.21 Å². The molecule has 106 valence electrons. The molecule has 2 rings (SSSR count). The van der Waals surface area contributed by atoms with Crippen molar-refractivity contribution in [3.8, 4) is 0 Å². The Morgan fingerprint density at radius 2 is 2.16 bits per heavy atom. The average Bonchev–Trinajstić information content (AvgIpc) is 2.42. The average molecular weight is 302 g/mol. The van der Waals surface area contributed by atoms with Crippen molar-refractivity contribution in [3.05, 3.63) is 22.8 Å². The van der Waals surface area contributed by atoms with E-state index in [4.69, 9.17) is 11.6 Å². The molecule has 1 aliphatic heterocycles. The van der Waals surface area contributed by atoms with E-state index in [0.29, 0.717) is 11.6 Å². The van der Waals surface area contributed by atoms with E-state index in [2.05, 4.69) is 22.1 Å². The summed E-state index contributed by atoms with van der Waals surface area (Å²) in [5.41, 5.74) is 0.888. The Morgan fingerprint density at radius 1 is 1.42 bits per heavy atom. The van der Waals surface area contributed by atoms with Crippen LogP contribution in [-0.4, -0.2) is 40.3 Å². The first-order valence-electron chi connectivity index (χ1n) is 6.66. The van der Waals surface area contributed by atoms with Crippen LogP contribution in [0.3, 0.4) is 0 Å². The van der Waals surface area contributed by atoms with Crippen molar-refractivity contribution < 1.29 is 4.21 Å². The molecule has 0 radical (unpaired) electrons. The van der Waals surface area contributed by atoms with Gasteiger partial charge in [0.1, 0.15) is 5.82 Å². The van der Waals surface area contributed by atoms with Crippen molar-refractivity contribution >= 4 is 28.2 Å². The number of pyridine rings is 1. The summed E-state index contributed by atoms with van der Waals surface area (Å²) >= 11 is 6.17. The Bertz CT molecular complexity index is 446. The van der Waals surface area contributed by atoms with Gasteiger partial charge in [0.15, 0.2) is 0 Å². The monoisotopic (exact) mass is 301 g/mol. The molecule has 1 N–H and O–H groups in total. The number of halogens is 1. The number of rotatable bonds is 5. The van der Waals surface area contributed by atoms with Gasteiger partial charge in [0.2, 0.25) is 0 Å². The molecule has 2 heterocycles. The minimum atomic E-state index is -0.658. The molecule has 19 heavy (non-hydrogen) atoms. The zero-order valence-electron chi connectivity index (χ0n) is 11.2. The van der Waals surface area contributed by atoms with Crippen molar-refractivity contribution in [1.29, 1.82) is 0 Å². The molecule has 0 atom stereocenters. The fourth-order valence-electron chi connectivity index (χ4n) is 2.02. The SMILES string of the molecule is CCCNCc1nc(N2CCS(=O)CC2)ccc1Cl. The topological polar surface area (TPSA) is 45.2 Å². The molecule has 0 spiro atoms. The fourth-order valence-corrected chi connectivity index (χ4v) is 3.25. The van der Waals surface area contributed by atoms with E-state index in [1.807, 2.05) is 12.1 Å². The highest BCUT2D eigenvalue weighted by Crippen LogP contribution is 2.20. The molecule has 0 bridgehead atoms. The van der Waals surface area contributed by atoms with Crippen molar-refractivity contribution in [2.45, 2.75) is 19.9 Å². The van der Waals surface area contributed by atoms with Gasteiger partial charge in [-0.2, -0.15) is 0 Å². The molecule has 0 aromatic carbocycles. The number of anilines is 1. The first kappa shape index (κ1) is 14.8. The third kappa shape index (κ3) is 4.16. The Hall–Kier alpha value is -0.650. The van der Waals surface area contributed by atoms with Gasteiger partial charge in [-0.3, -0.25) is 4.21 Å². The minimum absolute atomic E-state index is 0.658. The summed E-state index contributed by atoms with van der Waals surface area (Å²) in [6.07, 6.45) is 1.09. The first-order chi connectivity index (χ1) is 9.20. The van der Waals surface area contributed by atoms with Gasteiger partial charge >= 0.3 is 0 Å². The lowest BCUT2D eigenvalue weighted by molar-refractivity contribution is 0.660. The zero-order valence-corrected chi connectivity index (χ0v) is 12.8. The lowest BCUT2D eigenvalue weighted by atomic mass is 10.3. The third-order valence-electron chi connectivity index (χ3n) is 3.12. The van der Waals surface area contributed by atoms with Crippen LogP contribution in [0.1, 0.15) is 19.0 Å². The fraction of sp³-hybridized carbons (Fsp3) is 0.615. The Balaban J connectivity index is 2.05. The molecule has 4 nitrogen and oxygen atoms in total. The van der Waals surface area contributed by atoms with E-state index in [1.54, 1.807) is 0 Å². The lowest BCUT2D eigenvalue weighted by Crippen LogP contribution is -2.38. The summed E-state index contributed by atoms with van der Waals surface area (Å²) < 4.78 is 11.4. The first-order valence-corrected chi connectivity index (χ1v) is 8.53. The molecular formula is C13H20ClN3OS. The zero-order chi connectivity index (χ0) is 13.7. The molecular weight excluding hydrogens is 282 g/mol. The second-order valence-electron chi connectivity index (χ2n) is 4.61. The Morgan fingerprint density at radius 3 is 2.84 bits per heavy atom. The summed E-state index contributed by atoms with van der Waals surface area (Å²) in [4.78, 5) is 6.81. The van der Waals surface area contributed by atoms with Gasteiger partial charge in [0, 0.05) is 41.9 Å². The molecule has 1 fully saturated rings. The van der Waals surface area contributed by atoms with Gasteiger partial charge in [0.05, 0.1) is 10.7 Å². The van der Waals surface area contributed by atoms with E-state index in [0.717, 1.165) is 49.1 Å². The normalized spacial score (nSPS) is 16.8.